The zero-order valence-corrected chi connectivity index (χ0v) is 25.9. The third-order valence-corrected chi connectivity index (χ3v) is 8.20. The number of benzene rings is 2. The predicted molar refractivity (Wildman–Crippen MR) is 164 cm³/mol. The van der Waals surface area contributed by atoms with Crippen LogP contribution in [0.3, 0.4) is 0 Å². The number of hydrogen-bond donors (Lipinski definition) is 2. The van der Waals surface area contributed by atoms with E-state index in [1.54, 1.807) is 13.8 Å². The highest BCUT2D eigenvalue weighted by atomic mass is 16.5. The number of ether oxygens (including phenoxy) is 3. The monoisotopic (exact) mass is 578 g/mol. The fourth-order valence-electron chi connectivity index (χ4n) is 5.30. The molecule has 0 saturated heterocycles. The average molecular weight is 579 g/mol. The smallest absolute Gasteiger partial charge is 0.333 e. The van der Waals surface area contributed by atoms with Crippen LogP contribution in [0.15, 0.2) is 60.7 Å². The summed E-state index contributed by atoms with van der Waals surface area (Å²) in [5.41, 5.74) is 4.86. The molecule has 1 fully saturated rings. The minimum absolute atomic E-state index is 0.000141. The van der Waals surface area contributed by atoms with Gasteiger partial charge in [-0.15, -0.1) is 0 Å². The molecule has 0 aliphatic heterocycles. The molecule has 0 bridgehead atoms. The molecular weight excluding hydrogens is 532 g/mol. The third-order valence-electron chi connectivity index (χ3n) is 8.20. The molecule has 2 N–H and O–H groups in total. The standard InChI is InChI=1S/C35H46O7/c1-21(2)31(38)12-11-28(36)18-40-32-13-9-26(15-24(32)6)35(8,30-17-23(30)5)27-10-14-33(25(7)16-27)41-19-29(37)20-42-34(39)22(3)4/h9-10,13-16,23,28-30,36-37H,1,3,11-12,17-20H2,2,4-8H3. The van der Waals surface area contributed by atoms with Crippen LogP contribution in [0.25, 0.3) is 0 Å². The molecule has 7 heteroatoms. The number of aryl methyl sites for hydroxylation is 2. The Bertz CT molecular complexity index is 1220. The summed E-state index contributed by atoms with van der Waals surface area (Å²) in [5, 5.41) is 20.5. The lowest BCUT2D eigenvalue weighted by Crippen LogP contribution is -2.28. The van der Waals surface area contributed by atoms with Crippen LogP contribution in [0.1, 0.15) is 69.2 Å². The van der Waals surface area contributed by atoms with E-state index in [0.717, 1.165) is 17.5 Å². The van der Waals surface area contributed by atoms with Gasteiger partial charge in [0.25, 0.3) is 0 Å². The number of Topliss-reactive ketones (excluding diaryl/α,β-unsaturated/α-hetero) is 1. The zero-order valence-electron chi connectivity index (χ0n) is 25.9. The van der Waals surface area contributed by atoms with Crippen LogP contribution in [0.4, 0.5) is 0 Å². The minimum Gasteiger partial charge on any atom is -0.491 e. The van der Waals surface area contributed by atoms with Crippen molar-refractivity contribution in [2.45, 2.75) is 78.4 Å². The second kappa shape index (κ2) is 14.2. The summed E-state index contributed by atoms with van der Waals surface area (Å²) in [4.78, 5) is 23.3. The summed E-state index contributed by atoms with van der Waals surface area (Å²) < 4.78 is 16.8. The molecule has 0 aromatic heterocycles. The van der Waals surface area contributed by atoms with E-state index in [0.29, 0.717) is 35.3 Å². The maximum atomic E-state index is 11.8. The number of allylic oxidation sites excluding steroid dienone is 1. The molecule has 5 atom stereocenters. The molecule has 2 aromatic rings. The first-order valence-corrected chi connectivity index (χ1v) is 14.6. The molecule has 2 aromatic carbocycles. The van der Waals surface area contributed by atoms with Gasteiger partial charge in [-0.3, -0.25) is 4.79 Å². The fourth-order valence-corrected chi connectivity index (χ4v) is 5.30. The number of carbonyl (C=O) groups is 2. The highest BCUT2D eigenvalue weighted by Gasteiger charge is 2.49. The summed E-state index contributed by atoms with van der Waals surface area (Å²) in [6.07, 6.45) is 0.0374. The highest BCUT2D eigenvalue weighted by molar-refractivity contribution is 5.94. The fraction of sp³-hybridized carbons (Fsp3) is 0.486. The van der Waals surface area contributed by atoms with Gasteiger partial charge >= 0.3 is 5.97 Å². The quantitative estimate of drug-likeness (QED) is 0.192. The number of ketones is 1. The first-order chi connectivity index (χ1) is 19.7. The van der Waals surface area contributed by atoms with E-state index in [4.69, 9.17) is 14.2 Å². The number of aliphatic hydroxyl groups is 2. The van der Waals surface area contributed by atoms with Crippen LogP contribution >= 0.6 is 0 Å². The van der Waals surface area contributed by atoms with E-state index in [-0.39, 0.29) is 43.0 Å². The largest absolute Gasteiger partial charge is 0.491 e. The second-order valence-corrected chi connectivity index (χ2v) is 12.0. The van der Waals surface area contributed by atoms with Gasteiger partial charge in [-0.05, 0) is 92.3 Å². The lowest BCUT2D eigenvalue weighted by molar-refractivity contribution is -0.142. The second-order valence-electron chi connectivity index (χ2n) is 12.0. The molecular formula is C35H46O7. The summed E-state index contributed by atoms with van der Waals surface area (Å²) in [5.74, 6) is 1.87. The zero-order chi connectivity index (χ0) is 31.2. The summed E-state index contributed by atoms with van der Waals surface area (Å²) in [6, 6.07) is 12.4. The van der Waals surface area contributed by atoms with Gasteiger partial charge in [-0.25, -0.2) is 4.79 Å². The van der Waals surface area contributed by atoms with Gasteiger partial charge < -0.3 is 24.4 Å². The van der Waals surface area contributed by atoms with Crippen molar-refractivity contribution >= 4 is 11.8 Å². The van der Waals surface area contributed by atoms with Gasteiger partial charge in [-0.1, -0.05) is 51.3 Å². The maximum Gasteiger partial charge on any atom is 0.333 e. The maximum absolute atomic E-state index is 11.8. The lowest BCUT2D eigenvalue weighted by Gasteiger charge is -2.33. The topological polar surface area (TPSA) is 102 Å². The number of rotatable bonds is 16. The van der Waals surface area contributed by atoms with Crippen molar-refractivity contribution in [3.05, 3.63) is 83.0 Å². The lowest BCUT2D eigenvalue weighted by atomic mass is 9.71. The summed E-state index contributed by atoms with van der Waals surface area (Å²) in [7, 11) is 0. The molecule has 1 aliphatic rings. The van der Waals surface area contributed by atoms with E-state index >= 15 is 0 Å². The van der Waals surface area contributed by atoms with Crippen molar-refractivity contribution in [2.24, 2.45) is 11.8 Å². The van der Waals surface area contributed by atoms with Crippen LogP contribution in [-0.2, 0) is 19.7 Å². The molecule has 0 amide bonds. The Morgan fingerprint density at radius 2 is 1.40 bits per heavy atom. The highest BCUT2D eigenvalue weighted by Crippen LogP contribution is 2.55. The van der Waals surface area contributed by atoms with Crippen LogP contribution in [0.5, 0.6) is 11.5 Å². The van der Waals surface area contributed by atoms with Crippen molar-refractivity contribution < 1.29 is 34.0 Å². The molecule has 3 rings (SSSR count). The molecule has 228 valence electrons. The Balaban J connectivity index is 1.71. The SMILES string of the molecule is C=C(C)C(=O)CCC(O)COc1ccc(C(C)(c2ccc(OCC(O)COC(=O)C(=C)C)c(C)c2)C2CC2C)cc1C. The van der Waals surface area contributed by atoms with Gasteiger partial charge in [-0.2, -0.15) is 0 Å². The van der Waals surface area contributed by atoms with Gasteiger partial charge in [0.05, 0.1) is 6.10 Å². The van der Waals surface area contributed by atoms with Crippen LogP contribution < -0.4 is 9.47 Å². The van der Waals surface area contributed by atoms with E-state index in [2.05, 4.69) is 51.3 Å². The number of carbonyl (C=O) groups excluding carboxylic acids is 2. The molecule has 1 aliphatic carbocycles. The van der Waals surface area contributed by atoms with Crippen LogP contribution in [0.2, 0.25) is 0 Å². The van der Waals surface area contributed by atoms with Gasteiger partial charge in [0.15, 0.2) is 5.78 Å². The molecule has 7 nitrogen and oxygen atoms in total. The Labute approximate surface area is 250 Å². The Kier molecular flexibility index (Phi) is 11.2. The average Bonchev–Trinajstić information content (AvgIpc) is 3.69. The van der Waals surface area contributed by atoms with E-state index in [1.807, 2.05) is 26.0 Å². The minimum atomic E-state index is -0.950. The van der Waals surface area contributed by atoms with Gasteiger partial charge in [0.2, 0.25) is 0 Å². The molecule has 0 heterocycles. The van der Waals surface area contributed by atoms with Crippen molar-refractivity contribution in [3.8, 4) is 11.5 Å². The molecule has 42 heavy (non-hydrogen) atoms. The molecule has 0 radical (unpaired) electrons. The predicted octanol–water partition coefficient (Wildman–Crippen LogP) is 5.79. The van der Waals surface area contributed by atoms with Crippen molar-refractivity contribution in [3.63, 3.8) is 0 Å². The van der Waals surface area contributed by atoms with E-state index in [1.165, 1.54) is 11.1 Å². The molecule has 5 unspecified atom stereocenters. The van der Waals surface area contributed by atoms with Crippen molar-refractivity contribution in [1.82, 2.24) is 0 Å². The normalized spacial score (nSPS) is 18.8. The number of esters is 1. The van der Waals surface area contributed by atoms with Gasteiger partial charge in [0, 0.05) is 17.4 Å². The summed E-state index contributed by atoms with van der Waals surface area (Å²) in [6.45, 7) is 18.9. The Hall–Kier alpha value is -3.42. The first kappa shape index (κ1) is 33.1. The first-order valence-electron chi connectivity index (χ1n) is 14.6. The summed E-state index contributed by atoms with van der Waals surface area (Å²) >= 11 is 0. The van der Waals surface area contributed by atoms with Crippen molar-refractivity contribution in [1.29, 1.82) is 0 Å². The number of hydrogen-bond acceptors (Lipinski definition) is 7. The van der Waals surface area contributed by atoms with E-state index < -0.39 is 18.2 Å². The number of aliphatic hydroxyl groups excluding tert-OH is 2. The van der Waals surface area contributed by atoms with Gasteiger partial charge in [0.1, 0.15) is 37.4 Å². The van der Waals surface area contributed by atoms with E-state index in [9.17, 15) is 19.8 Å². The van der Waals surface area contributed by atoms with Crippen LogP contribution in [0, 0.1) is 25.7 Å². The van der Waals surface area contributed by atoms with Crippen molar-refractivity contribution in [2.75, 3.05) is 19.8 Å². The Morgan fingerprint density at radius 1 is 0.905 bits per heavy atom. The van der Waals surface area contributed by atoms with Crippen LogP contribution in [-0.4, -0.2) is 54.0 Å². The third kappa shape index (κ3) is 8.33. The Morgan fingerprint density at radius 3 is 1.83 bits per heavy atom. The molecule has 1 saturated carbocycles. The molecule has 0 spiro atoms.